The number of hydrogen-bond donors (Lipinski definition) is 1. The van der Waals surface area contributed by atoms with Crippen LogP contribution in [0.2, 0.25) is 0 Å². The van der Waals surface area contributed by atoms with Gasteiger partial charge in [0.2, 0.25) is 0 Å². The third-order valence-electron chi connectivity index (χ3n) is 5.71. The van der Waals surface area contributed by atoms with Gasteiger partial charge in [-0.3, -0.25) is 9.48 Å². The van der Waals surface area contributed by atoms with E-state index in [-0.39, 0.29) is 5.56 Å². The maximum atomic E-state index is 13.0. The van der Waals surface area contributed by atoms with Gasteiger partial charge in [0.25, 0.3) is 5.56 Å². The quantitative estimate of drug-likeness (QED) is 0.257. The van der Waals surface area contributed by atoms with E-state index in [1.807, 2.05) is 6.07 Å². The number of benzene rings is 2. The maximum Gasteiger partial charge on any atom is 0.310 e. The van der Waals surface area contributed by atoms with Gasteiger partial charge in [0.15, 0.2) is 11.5 Å². The number of aromatic amines is 1. The molecule has 7 nitrogen and oxygen atoms in total. The van der Waals surface area contributed by atoms with E-state index in [0.29, 0.717) is 52.7 Å². The third kappa shape index (κ3) is 5.93. The second kappa shape index (κ2) is 8.61. The highest BCUT2D eigenvalue weighted by Crippen LogP contribution is 3.02. The Hall–Kier alpha value is -3.87. The van der Waals surface area contributed by atoms with Gasteiger partial charge in [0, 0.05) is 24.2 Å². The van der Waals surface area contributed by atoms with Crippen LogP contribution in [0, 0.1) is 0 Å². The average Bonchev–Trinajstić information content (AvgIpc) is 3.32. The molecule has 0 amide bonds. The Bertz CT molecular complexity index is 1500. The fourth-order valence-electron chi connectivity index (χ4n) is 3.76. The Morgan fingerprint density at radius 3 is 2.27 bits per heavy atom. The van der Waals surface area contributed by atoms with Crippen molar-refractivity contribution in [2.75, 3.05) is 14.2 Å². The second-order valence-electron chi connectivity index (χ2n) is 8.37. The predicted octanol–water partition coefficient (Wildman–Crippen LogP) is 6.51. The minimum absolute atomic E-state index is 0.298. The summed E-state index contributed by atoms with van der Waals surface area (Å²) in [5, 5.41) is 4.22. The lowest BCUT2D eigenvalue weighted by Gasteiger charge is -2.40. The van der Waals surface area contributed by atoms with Crippen molar-refractivity contribution in [1.82, 2.24) is 19.7 Å². The first-order chi connectivity index (χ1) is 17.2. The lowest BCUT2D eigenvalue weighted by Crippen LogP contribution is -2.11. The number of H-pyrrole nitrogens is 1. The van der Waals surface area contributed by atoms with E-state index in [4.69, 9.17) is 9.47 Å². The molecule has 0 aliphatic rings. The first-order valence-electron chi connectivity index (χ1n) is 10.9. The second-order valence-corrected chi connectivity index (χ2v) is 10.8. The highest BCUT2D eigenvalue weighted by molar-refractivity contribution is 8.45. The summed E-state index contributed by atoms with van der Waals surface area (Å²) < 4.78 is 77.0. The Labute approximate surface area is 208 Å². The standard InChI is InChI=1S/C24H23F5N4O3S/c1-15(17-5-7-19(8-6-17)37(25,26,27,28)29)33-14-18(13-30-33)20-12-24(34)32-23(31-20)11-16-4-9-21(35-2)22(10-16)36-3/h4-10,12-15H,11H2,1-3H3,(H,31,32,34)/t15-/m0/s1. The van der Waals surface area contributed by atoms with Crippen LogP contribution in [-0.2, 0) is 6.42 Å². The van der Waals surface area contributed by atoms with Gasteiger partial charge in [0.1, 0.15) is 10.7 Å². The van der Waals surface area contributed by atoms with Crippen molar-refractivity contribution in [2.24, 2.45) is 0 Å². The van der Waals surface area contributed by atoms with Crippen LogP contribution in [0.1, 0.15) is 29.9 Å². The zero-order valence-electron chi connectivity index (χ0n) is 19.9. The molecule has 0 unspecified atom stereocenters. The van der Waals surface area contributed by atoms with E-state index < -0.39 is 21.2 Å². The molecule has 0 saturated heterocycles. The van der Waals surface area contributed by atoms with Crippen LogP contribution < -0.4 is 15.0 Å². The van der Waals surface area contributed by atoms with E-state index in [9.17, 15) is 24.2 Å². The molecule has 4 rings (SSSR count). The van der Waals surface area contributed by atoms with Crippen LogP contribution >= 0.6 is 10.2 Å². The van der Waals surface area contributed by atoms with Gasteiger partial charge in [-0.25, -0.2) is 4.98 Å². The maximum absolute atomic E-state index is 13.0. The SMILES string of the molecule is COc1ccc(Cc2nc(-c3cnn([C@@H](C)c4ccc(S(F)(F)(F)(F)F)cc4)c3)cc(=O)[nH]2)cc1OC. The zero-order valence-corrected chi connectivity index (χ0v) is 20.7. The summed E-state index contributed by atoms with van der Waals surface area (Å²) in [7, 11) is -6.71. The summed E-state index contributed by atoms with van der Waals surface area (Å²) in [6.07, 6.45) is 3.33. The summed E-state index contributed by atoms with van der Waals surface area (Å²) in [5.41, 5.74) is 1.61. The number of hydrogen-bond acceptors (Lipinski definition) is 5. The molecule has 0 spiro atoms. The van der Waals surface area contributed by atoms with Gasteiger partial charge in [0.05, 0.1) is 32.2 Å². The van der Waals surface area contributed by atoms with Gasteiger partial charge in [-0.1, -0.05) is 37.6 Å². The Morgan fingerprint density at radius 1 is 0.973 bits per heavy atom. The normalized spacial score (nSPS) is 14.5. The number of halogens is 5. The fraction of sp³-hybridized carbons (Fsp3) is 0.208. The molecule has 13 heteroatoms. The molecule has 2 aromatic carbocycles. The van der Waals surface area contributed by atoms with Crippen molar-refractivity contribution in [1.29, 1.82) is 0 Å². The van der Waals surface area contributed by atoms with Crippen LogP contribution in [0.4, 0.5) is 19.4 Å². The molecule has 0 aliphatic carbocycles. The van der Waals surface area contributed by atoms with Gasteiger partial charge in [-0.2, -0.15) is 5.10 Å². The number of methoxy groups -OCH3 is 2. The molecule has 0 aliphatic heterocycles. The van der Waals surface area contributed by atoms with E-state index in [0.717, 1.165) is 17.7 Å². The average molecular weight is 543 g/mol. The smallest absolute Gasteiger partial charge is 0.310 e. The Balaban J connectivity index is 1.58. The summed E-state index contributed by atoms with van der Waals surface area (Å²) in [5.74, 6) is 1.48. The van der Waals surface area contributed by atoms with Crippen molar-refractivity contribution >= 4 is 10.2 Å². The number of rotatable bonds is 8. The predicted molar refractivity (Wildman–Crippen MR) is 130 cm³/mol. The molecule has 1 atom stereocenters. The molecule has 2 aromatic heterocycles. The Morgan fingerprint density at radius 2 is 1.65 bits per heavy atom. The van der Waals surface area contributed by atoms with Crippen LogP contribution in [-0.4, -0.2) is 34.0 Å². The summed E-state index contributed by atoms with van der Waals surface area (Å²) in [6.45, 7) is 1.65. The number of ether oxygens (including phenoxy) is 2. The van der Waals surface area contributed by atoms with E-state index in [2.05, 4.69) is 15.1 Å². The molecular formula is C24H23F5N4O3S. The topological polar surface area (TPSA) is 82.0 Å². The van der Waals surface area contributed by atoms with Gasteiger partial charge >= 0.3 is 10.2 Å². The van der Waals surface area contributed by atoms with Gasteiger partial charge in [-0.05, 0) is 42.3 Å². The number of nitrogens with zero attached hydrogens (tertiary/aromatic N) is 3. The largest absolute Gasteiger partial charge is 0.493 e. The van der Waals surface area contributed by atoms with Crippen molar-refractivity contribution in [3.05, 3.63) is 88.2 Å². The molecule has 37 heavy (non-hydrogen) atoms. The van der Waals surface area contributed by atoms with Gasteiger partial charge < -0.3 is 14.5 Å². The first kappa shape index (κ1) is 26.2. The van der Waals surface area contributed by atoms with Crippen LogP contribution in [0.5, 0.6) is 11.5 Å². The molecule has 2 heterocycles. The lowest BCUT2D eigenvalue weighted by atomic mass is 10.1. The highest BCUT2D eigenvalue weighted by atomic mass is 32.5. The van der Waals surface area contributed by atoms with Gasteiger partial charge in [-0.15, -0.1) is 0 Å². The monoisotopic (exact) mass is 542 g/mol. The lowest BCUT2D eigenvalue weighted by molar-refractivity contribution is 0.354. The van der Waals surface area contributed by atoms with Crippen molar-refractivity contribution in [3.8, 4) is 22.8 Å². The molecule has 198 valence electrons. The molecule has 0 bridgehead atoms. The fourth-order valence-corrected chi connectivity index (χ4v) is 4.41. The molecule has 0 radical (unpaired) electrons. The molecular weight excluding hydrogens is 519 g/mol. The van der Waals surface area contributed by atoms with Crippen LogP contribution in [0.25, 0.3) is 11.3 Å². The summed E-state index contributed by atoms with van der Waals surface area (Å²) in [4.78, 5) is 17.6. The van der Waals surface area contributed by atoms with E-state index >= 15 is 0 Å². The Kier molecular flexibility index (Phi) is 6.10. The van der Waals surface area contributed by atoms with Crippen LogP contribution in [0.15, 0.2) is 70.6 Å². The molecule has 1 N–H and O–H groups in total. The third-order valence-corrected chi connectivity index (χ3v) is 6.88. The van der Waals surface area contributed by atoms with Crippen molar-refractivity contribution in [3.63, 3.8) is 0 Å². The number of nitrogens with one attached hydrogen (secondary N) is 1. The zero-order chi connectivity index (χ0) is 27.1. The van der Waals surface area contributed by atoms with E-state index in [1.54, 1.807) is 25.3 Å². The van der Waals surface area contributed by atoms with Crippen molar-refractivity contribution in [2.45, 2.75) is 24.3 Å². The minimum atomic E-state index is -9.75. The first-order valence-corrected chi connectivity index (χ1v) is 12.8. The number of aromatic nitrogens is 4. The van der Waals surface area contributed by atoms with Crippen LogP contribution in [0.3, 0.4) is 0 Å². The summed E-state index contributed by atoms with van der Waals surface area (Å²) in [6, 6.07) is 8.78. The molecule has 0 fully saturated rings. The molecule has 4 aromatic rings. The molecule has 0 saturated carbocycles. The summed E-state index contributed by atoms with van der Waals surface area (Å²) >= 11 is 0. The highest BCUT2D eigenvalue weighted by Gasteiger charge is 2.65. The van der Waals surface area contributed by atoms with Crippen molar-refractivity contribution < 1.29 is 28.9 Å². The minimum Gasteiger partial charge on any atom is -0.493 e. The van der Waals surface area contributed by atoms with E-state index in [1.165, 1.54) is 31.2 Å².